The number of aliphatic hydroxyl groups excluding tert-OH is 1. The molecule has 0 saturated heterocycles. The van der Waals surface area contributed by atoms with E-state index >= 15 is 0 Å². The predicted molar refractivity (Wildman–Crippen MR) is 133 cm³/mol. The Morgan fingerprint density at radius 1 is 1.11 bits per heavy atom. The number of fused-ring (bicyclic) bond motifs is 10. The van der Waals surface area contributed by atoms with Crippen LogP contribution in [-0.2, 0) is 32.0 Å². The van der Waals surface area contributed by atoms with Gasteiger partial charge in [-0.1, -0.05) is 6.07 Å². The van der Waals surface area contributed by atoms with Gasteiger partial charge in [-0.15, -0.1) is 0 Å². The molecular formula is C23H25Br2N3O7. The predicted octanol–water partition coefficient (Wildman–Crippen LogP) is 1.58. The van der Waals surface area contributed by atoms with Gasteiger partial charge in [0.05, 0.1) is 28.7 Å². The lowest BCUT2D eigenvalue weighted by atomic mass is 10.0. The lowest BCUT2D eigenvalue weighted by Crippen LogP contribution is -2.56. The Morgan fingerprint density at radius 2 is 1.74 bits per heavy atom. The van der Waals surface area contributed by atoms with E-state index in [1.54, 1.807) is 31.2 Å². The van der Waals surface area contributed by atoms with Crippen molar-refractivity contribution in [1.82, 2.24) is 10.6 Å². The number of methoxy groups -OCH3 is 1. The monoisotopic (exact) mass is 613 g/mol. The number of benzene rings is 2. The highest BCUT2D eigenvalue weighted by atomic mass is 79.9. The Labute approximate surface area is 218 Å². The fourth-order valence-electron chi connectivity index (χ4n) is 3.62. The molecule has 4 rings (SSSR count). The highest BCUT2D eigenvalue weighted by Crippen LogP contribution is 2.42. The number of aryl methyl sites for hydroxylation is 1. The van der Waals surface area contributed by atoms with Gasteiger partial charge in [-0.3, -0.25) is 9.59 Å². The lowest BCUT2D eigenvalue weighted by molar-refractivity contribution is -0.145. The quantitative estimate of drug-likeness (QED) is 0.319. The average molecular weight is 615 g/mol. The van der Waals surface area contributed by atoms with Crippen molar-refractivity contribution < 1.29 is 34.1 Å². The smallest absolute Gasteiger partial charge is 0.328 e. The van der Waals surface area contributed by atoms with Crippen molar-refractivity contribution in [3.63, 3.8) is 0 Å². The molecule has 0 aliphatic carbocycles. The summed E-state index contributed by atoms with van der Waals surface area (Å²) in [6.07, 6.45) is 0.108. The topological polar surface area (TPSA) is 160 Å². The van der Waals surface area contributed by atoms with Crippen LogP contribution in [0, 0.1) is 6.92 Å². The SMILES string of the molecule is COC(=O)C1Cc2cc(Br)c(c(Br)c2)Oc2cc(cc(C)c2O)C[C@H](N)C(=O)N[C@@H](CO)C(=O)N1. The average Bonchev–Trinajstić information content (AvgIpc) is 2.80. The first-order valence-electron chi connectivity index (χ1n) is 10.6. The summed E-state index contributed by atoms with van der Waals surface area (Å²) < 4.78 is 11.9. The number of amides is 2. The third-order valence-corrected chi connectivity index (χ3v) is 6.62. The highest BCUT2D eigenvalue weighted by molar-refractivity contribution is 9.11. The van der Waals surface area contributed by atoms with Gasteiger partial charge in [0.25, 0.3) is 0 Å². The van der Waals surface area contributed by atoms with Crippen molar-refractivity contribution in [2.75, 3.05) is 13.7 Å². The van der Waals surface area contributed by atoms with Gasteiger partial charge in [0, 0.05) is 6.42 Å². The maximum Gasteiger partial charge on any atom is 0.328 e. The van der Waals surface area contributed by atoms with Gasteiger partial charge in [0.15, 0.2) is 17.2 Å². The van der Waals surface area contributed by atoms with Crippen molar-refractivity contribution in [3.05, 3.63) is 49.9 Å². The van der Waals surface area contributed by atoms with Crippen molar-refractivity contribution in [1.29, 1.82) is 0 Å². The fraction of sp³-hybridized carbons (Fsp3) is 0.348. The molecule has 188 valence electrons. The molecule has 12 heteroatoms. The number of nitrogens with two attached hydrogens (primary N) is 1. The van der Waals surface area contributed by atoms with E-state index in [1.165, 1.54) is 7.11 Å². The number of nitrogens with one attached hydrogen (secondary N) is 2. The standard InChI is InChI=1S/C23H25Br2N3O7/c1-10-3-11-6-15(26)21(31)28-17(9-29)22(32)27-16(23(33)34-2)7-12-4-13(24)20(14(25)5-12)35-18(8-11)19(10)30/h3-5,8,15-17,29-30H,6-7,9,26H2,1-2H3,(H,27,32)(H,28,31)/t15-,16?,17-/m0/s1. The number of aromatic hydroxyl groups is 1. The molecule has 2 amide bonds. The van der Waals surface area contributed by atoms with Crippen LogP contribution in [0.25, 0.3) is 0 Å². The van der Waals surface area contributed by atoms with E-state index in [-0.39, 0.29) is 24.3 Å². The van der Waals surface area contributed by atoms with Gasteiger partial charge in [0.2, 0.25) is 11.8 Å². The Bertz CT molecular complexity index is 1140. The molecule has 2 aromatic carbocycles. The van der Waals surface area contributed by atoms with Crippen LogP contribution in [0.3, 0.4) is 0 Å². The first-order valence-corrected chi connectivity index (χ1v) is 12.2. The minimum atomic E-state index is -1.34. The van der Waals surface area contributed by atoms with Crippen LogP contribution in [0.1, 0.15) is 16.7 Å². The van der Waals surface area contributed by atoms with Crippen molar-refractivity contribution in [3.8, 4) is 17.2 Å². The number of carbonyl (C=O) groups is 3. The molecule has 2 heterocycles. The second kappa shape index (κ2) is 11.4. The summed E-state index contributed by atoms with van der Waals surface area (Å²) >= 11 is 6.91. The number of aliphatic hydroxyl groups is 1. The number of rotatable bonds is 2. The van der Waals surface area contributed by atoms with Gasteiger partial charge in [-0.05, 0) is 80.1 Å². The molecule has 2 aromatic rings. The molecule has 0 spiro atoms. The van der Waals surface area contributed by atoms with Gasteiger partial charge < -0.3 is 36.1 Å². The molecule has 0 fully saturated rings. The van der Waals surface area contributed by atoms with Crippen molar-refractivity contribution >= 4 is 49.6 Å². The molecule has 0 radical (unpaired) electrons. The first kappa shape index (κ1) is 26.9. The van der Waals surface area contributed by atoms with Crippen LogP contribution in [0.5, 0.6) is 17.2 Å². The number of hydrogen-bond donors (Lipinski definition) is 5. The van der Waals surface area contributed by atoms with E-state index < -0.39 is 42.5 Å². The van der Waals surface area contributed by atoms with E-state index in [0.29, 0.717) is 31.4 Å². The normalized spacial score (nSPS) is 20.9. The van der Waals surface area contributed by atoms with Crippen molar-refractivity contribution in [2.45, 2.75) is 37.9 Å². The zero-order valence-electron chi connectivity index (χ0n) is 18.9. The Hall–Kier alpha value is -2.67. The molecule has 4 bridgehead atoms. The third-order valence-electron chi connectivity index (χ3n) is 5.45. The summed E-state index contributed by atoms with van der Waals surface area (Å²) in [4.78, 5) is 37.8. The Kier molecular flexibility index (Phi) is 8.75. The molecule has 2 aliphatic rings. The second-order valence-corrected chi connectivity index (χ2v) is 9.80. The lowest BCUT2D eigenvalue weighted by Gasteiger charge is -2.22. The molecule has 6 N–H and O–H groups in total. The zero-order valence-corrected chi connectivity index (χ0v) is 22.1. The van der Waals surface area contributed by atoms with Crippen molar-refractivity contribution in [2.24, 2.45) is 5.73 Å². The van der Waals surface area contributed by atoms with E-state index in [1.807, 2.05) is 0 Å². The maximum absolute atomic E-state index is 12.8. The second-order valence-electron chi connectivity index (χ2n) is 8.09. The molecule has 3 atom stereocenters. The zero-order chi connectivity index (χ0) is 25.9. The van der Waals surface area contributed by atoms with Crippen LogP contribution in [0.2, 0.25) is 0 Å². The molecule has 0 saturated carbocycles. The Balaban J connectivity index is 2.11. The van der Waals surface area contributed by atoms with Gasteiger partial charge in [-0.2, -0.15) is 0 Å². The summed E-state index contributed by atoms with van der Waals surface area (Å²) in [5.74, 6) is -1.71. The molecule has 2 aliphatic heterocycles. The molecular weight excluding hydrogens is 590 g/mol. The molecule has 10 nitrogen and oxygen atoms in total. The summed E-state index contributed by atoms with van der Waals surface area (Å²) in [6, 6.07) is 3.15. The number of ether oxygens (including phenoxy) is 2. The van der Waals surface area contributed by atoms with Crippen LogP contribution in [-0.4, -0.2) is 59.8 Å². The number of phenolic OH excluding ortho intramolecular Hbond substituents is 1. The number of phenols is 1. The van der Waals surface area contributed by atoms with Crippen LogP contribution >= 0.6 is 31.9 Å². The van der Waals surface area contributed by atoms with Gasteiger partial charge >= 0.3 is 5.97 Å². The van der Waals surface area contributed by atoms with Crippen LogP contribution in [0.15, 0.2) is 33.2 Å². The van der Waals surface area contributed by atoms with E-state index in [2.05, 4.69) is 42.5 Å². The summed E-state index contributed by atoms with van der Waals surface area (Å²) in [5, 5.41) is 25.2. The third kappa shape index (κ3) is 6.31. The Morgan fingerprint density at radius 3 is 2.34 bits per heavy atom. The van der Waals surface area contributed by atoms with E-state index in [4.69, 9.17) is 15.2 Å². The first-order chi connectivity index (χ1) is 16.5. The highest BCUT2D eigenvalue weighted by Gasteiger charge is 2.29. The van der Waals surface area contributed by atoms with E-state index in [9.17, 15) is 24.6 Å². The largest absolute Gasteiger partial charge is 0.504 e. The minimum Gasteiger partial charge on any atom is -0.504 e. The van der Waals surface area contributed by atoms with Gasteiger partial charge in [-0.25, -0.2) is 4.79 Å². The maximum atomic E-state index is 12.8. The van der Waals surface area contributed by atoms with Crippen LogP contribution < -0.4 is 21.1 Å². The summed E-state index contributed by atoms with van der Waals surface area (Å²) in [6.45, 7) is 0.979. The van der Waals surface area contributed by atoms with E-state index in [0.717, 1.165) is 0 Å². The summed E-state index contributed by atoms with van der Waals surface area (Å²) in [5.41, 5.74) is 7.82. The fourth-order valence-corrected chi connectivity index (χ4v) is 5.06. The molecule has 0 aromatic heterocycles. The number of halogens is 2. The minimum absolute atomic E-state index is 0.0430. The number of esters is 1. The number of carbonyl (C=O) groups excluding carboxylic acids is 3. The number of hydrogen-bond acceptors (Lipinski definition) is 8. The molecule has 1 unspecified atom stereocenters. The molecule has 35 heavy (non-hydrogen) atoms. The van der Waals surface area contributed by atoms with Gasteiger partial charge in [0.1, 0.15) is 12.1 Å². The summed E-state index contributed by atoms with van der Waals surface area (Å²) in [7, 11) is 1.19. The van der Waals surface area contributed by atoms with Crippen LogP contribution in [0.4, 0.5) is 0 Å².